The fourth-order valence-electron chi connectivity index (χ4n) is 5.74. The molecule has 2 aliphatic heterocycles. The first-order valence-electron chi connectivity index (χ1n) is 15.2. The summed E-state index contributed by atoms with van der Waals surface area (Å²) >= 11 is 0. The van der Waals surface area contributed by atoms with Crippen molar-refractivity contribution in [3.05, 3.63) is 36.4 Å². The van der Waals surface area contributed by atoms with Gasteiger partial charge < -0.3 is 29.3 Å². The average molecular weight is 592 g/mol. The molecule has 3 aliphatic rings. The number of carbonyl (C=O) groups is 2. The second-order valence-electron chi connectivity index (χ2n) is 12.8. The van der Waals surface area contributed by atoms with Gasteiger partial charge in [-0.15, -0.1) is 0 Å². The van der Waals surface area contributed by atoms with Crippen LogP contribution >= 0.6 is 0 Å². The van der Waals surface area contributed by atoms with Gasteiger partial charge in [-0.25, -0.2) is 14.8 Å². The van der Waals surface area contributed by atoms with Crippen LogP contribution in [0.4, 0.5) is 16.3 Å². The van der Waals surface area contributed by atoms with E-state index in [0.717, 1.165) is 62.8 Å². The molecular formula is C31H41N7O5. The Balaban J connectivity index is 1.12. The predicted octanol–water partition coefficient (Wildman–Crippen LogP) is 4.40. The van der Waals surface area contributed by atoms with Gasteiger partial charge in [0.05, 0.1) is 36.2 Å². The standard InChI is InChI=1S/C31H41N7O5/c1-31(2,3)43-30(40)38(22-5-6-22)23-7-10-37(18-23)28-16-32-26(15-33-28)29(39)34-25-13-21-17-36(4)35-24(21)14-27(25)42-19-20-8-11-41-12-9-20/h13-17,20,22-23H,5-12,18-19H2,1-4H3,(H,34,39). The number of amides is 2. The van der Waals surface area contributed by atoms with E-state index in [-0.39, 0.29) is 29.8 Å². The third-order valence-corrected chi connectivity index (χ3v) is 8.08. The number of hydrogen-bond acceptors (Lipinski definition) is 9. The van der Waals surface area contributed by atoms with Crippen molar-refractivity contribution in [2.45, 2.75) is 70.6 Å². The molecule has 43 heavy (non-hydrogen) atoms. The first-order valence-corrected chi connectivity index (χ1v) is 15.2. The van der Waals surface area contributed by atoms with Crippen molar-refractivity contribution >= 4 is 34.4 Å². The summed E-state index contributed by atoms with van der Waals surface area (Å²) in [5, 5.41) is 8.37. The van der Waals surface area contributed by atoms with E-state index in [1.807, 2.05) is 51.0 Å². The molecule has 1 saturated carbocycles. The molecule has 3 aromatic rings. The molecule has 1 N–H and O–H groups in total. The van der Waals surface area contributed by atoms with Crippen molar-refractivity contribution in [2.24, 2.45) is 13.0 Å². The minimum absolute atomic E-state index is 0.0501. The Morgan fingerprint density at radius 3 is 2.56 bits per heavy atom. The van der Waals surface area contributed by atoms with Gasteiger partial charge in [-0.05, 0) is 64.9 Å². The number of hydrogen-bond donors (Lipinski definition) is 1. The van der Waals surface area contributed by atoms with Crippen LogP contribution in [0.25, 0.3) is 10.9 Å². The van der Waals surface area contributed by atoms with Gasteiger partial charge in [0, 0.05) is 57.0 Å². The van der Waals surface area contributed by atoms with Crippen LogP contribution in [0.2, 0.25) is 0 Å². The highest BCUT2D eigenvalue weighted by Crippen LogP contribution is 2.34. The molecule has 4 heterocycles. The van der Waals surface area contributed by atoms with Crippen LogP contribution < -0.4 is 15.0 Å². The Kier molecular flexibility index (Phi) is 8.13. The number of carbonyl (C=O) groups excluding carboxylic acids is 2. The summed E-state index contributed by atoms with van der Waals surface area (Å²) in [6.07, 6.45) is 9.52. The second-order valence-corrected chi connectivity index (χ2v) is 12.8. The van der Waals surface area contributed by atoms with Gasteiger partial charge >= 0.3 is 6.09 Å². The minimum atomic E-state index is -0.536. The highest BCUT2D eigenvalue weighted by atomic mass is 16.6. The fraction of sp³-hybridized carbons (Fsp3) is 0.581. The summed E-state index contributed by atoms with van der Waals surface area (Å²) in [5.41, 5.74) is 1.02. The van der Waals surface area contributed by atoms with Gasteiger partial charge in [0.15, 0.2) is 0 Å². The topological polar surface area (TPSA) is 124 Å². The Morgan fingerprint density at radius 1 is 1.07 bits per heavy atom. The fourth-order valence-corrected chi connectivity index (χ4v) is 5.74. The van der Waals surface area contributed by atoms with Crippen molar-refractivity contribution in [3.63, 3.8) is 0 Å². The summed E-state index contributed by atoms with van der Waals surface area (Å²) in [7, 11) is 1.86. The quantitative estimate of drug-likeness (QED) is 0.406. The number of benzene rings is 1. The first-order chi connectivity index (χ1) is 20.6. The molecular weight excluding hydrogens is 550 g/mol. The molecule has 1 aromatic carbocycles. The summed E-state index contributed by atoms with van der Waals surface area (Å²) < 4.78 is 19.1. The highest BCUT2D eigenvalue weighted by Gasteiger charge is 2.42. The zero-order valence-electron chi connectivity index (χ0n) is 25.4. The predicted molar refractivity (Wildman–Crippen MR) is 161 cm³/mol. The summed E-state index contributed by atoms with van der Waals surface area (Å²) in [6.45, 7) is 9.10. The van der Waals surface area contributed by atoms with Crippen LogP contribution in [0.5, 0.6) is 5.75 Å². The van der Waals surface area contributed by atoms with Crippen LogP contribution in [-0.2, 0) is 16.5 Å². The molecule has 1 unspecified atom stereocenters. The molecule has 2 saturated heterocycles. The van der Waals surface area contributed by atoms with E-state index >= 15 is 0 Å². The zero-order chi connectivity index (χ0) is 30.1. The molecule has 12 heteroatoms. The normalized spacial score (nSPS) is 19.4. The lowest BCUT2D eigenvalue weighted by Gasteiger charge is -2.31. The molecule has 2 amide bonds. The summed E-state index contributed by atoms with van der Waals surface area (Å²) in [5.74, 6) is 1.28. The third-order valence-electron chi connectivity index (χ3n) is 8.08. The molecule has 3 fully saturated rings. The molecule has 6 rings (SSSR count). The number of aryl methyl sites for hydroxylation is 1. The van der Waals surface area contributed by atoms with Crippen LogP contribution in [0.3, 0.4) is 0 Å². The largest absolute Gasteiger partial charge is 0.491 e. The van der Waals surface area contributed by atoms with Crippen molar-refractivity contribution in [1.82, 2.24) is 24.6 Å². The lowest BCUT2D eigenvalue weighted by Crippen LogP contribution is -2.46. The Morgan fingerprint density at radius 2 is 1.86 bits per heavy atom. The summed E-state index contributed by atoms with van der Waals surface area (Å²) in [6, 6.07) is 4.04. The van der Waals surface area contributed by atoms with E-state index in [0.29, 0.717) is 36.3 Å². The van der Waals surface area contributed by atoms with E-state index in [4.69, 9.17) is 14.2 Å². The number of anilines is 2. The third kappa shape index (κ3) is 7.01. The number of nitrogens with zero attached hydrogens (tertiary/aromatic N) is 6. The van der Waals surface area contributed by atoms with E-state index in [9.17, 15) is 9.59 Å². The maximum atomic E-state index is 13.3. The molecule has 12 nitrogen and oxygen atoms in total. The molecule has 0 radical (unpaired) electrons. The van der Waals surface area contributed by atoms with Gasteiger partial charge in [-0.3, -0.25) is 9.48 Å². The lowest BCUT2D eigenvalue weighted by molar-refractivity contribution is 0.0158. The molecule has 2 aromatic heterocycles. The molecule has 1 aliphatic carbocycles. The average Bonchev–Trinajstić information content (AvgIpc) is 3.55. The maximum absolute atomic E-state index is 13.3. The van der Waals surface area contributed by atoms with Gasteiger partial charge in [-0.1, -0.05) is 0 Å². The SMILES string of the molecule is Cn1cc2cc(NC(=O)c3cnc(N4CCC(N(C(=O)OC(C)(C)C)C5CC5)C4)cn3)c(OCC3CCOCC3)cc2n1. The van der Waals surface area contributed by atoms with Crippen LogP contribution in [0, 0.1) is 5.92 Å². The highest BCUT2D eigenvalue weighted by molar-refractivity contribution is 6.04. The van der Waals surface area contributed by atoms with Gasteiger partial charge in [0.25, 0.3) is 5.91 Å². The van der Waals surface area contributed by atoms with Crippen LogP contribution in [0.15, 0.2) is 30.7 Å². The van der Waals surface area contributed by atoms with Gasteiger partial charge in [0.2, 0.25) is 0 Å². The minimum Gasteiger partial charge on any atom is -0.491 e. The number of rotatable bonds is 8. The number of aromatic nitrogens is 4. The maximum Gasteiger partial charge on any atom is 0.410 e. The van der Waals surface area contributed by atoms with E-state index in [1.54, 1.807) is 10.9 Å². The zero-order valence-corrected chi connectivity index (χ0v) is 25.4. The monoisotopic (exact) mass is 591 g/mol. The molecule has 0 spiro atoms. The van der Waals surface area contributed by atoms with Crippen LogP contribution in [-0.4, -0.2) is 87.2 Å². The Bertz CT molecular complexity index is 1460. The van der Waals surface area contributed by atoms with Crippen molar-refractivity contribution in [1.29, 1.82) is 0 Å². The Hall–Kier alpha value is -3.93. The van der Waals surface area contributed by atoms with E-state index < -0.39 is 5.60 Å². The first kappa shape index (κ1) is 29.2. The Labute approximate surface area is 251 Å². The van der Waals surface area contributed by atoms with Crippen molar-refractivity contribution in [2.75, 3.05) is 43.1 Å². The molecule has 1 atom stereocenters. The van der Waals surface area contributed by atoms with E-state index in [1.165, 1.54) is 6.20 Å². The second kappa shape index (κ2) is 12.0. The summed E-state index contributed by atoms with van der Waals surface area (Å²) in [4.78, 5) is 39.3. The van der Waals surface area contributed by atoms with E-state index in [2.05, 4.69) is 25.3 Å². The molecule has 0 bridgehead atoms. The van der Waals surface area contributed by atoms with Crippen LogP contribution in [0.1, 0.15) is 63.4 Å². The molecule has 230 valence electrons. The number of fused-ring (bicyclic) bond motifs is 1. The van der Waals surface area contributed by atoms with Gasteiger partial charge in [0.1, 0.15) is 22.9 Å². The van der Waals surface area contributed by atoms with Crippen molar-refractivity contribution < 1.29 is 23.8 Å². The lowest BCUT2D eigenvalue weighted by atomic mass is 10.0. The van der Waals surface area contributed by atoms with Gasteiger partial charge in [-0.2, -0.15) is 5.10 Å². The number of ether oxygens (including phenoxy) is 3. The smallest absolute Gasteiger partial charge is 0.410 e. The number of nitrogens with one attached hydrogen (secondary N) is 1. The van der Waals surface area contributed by atoms with Crippen molar-refractivity contribution in [3.8, 4) is 5.75 Å².